The van der Waals surface area contributed by atoms with Gasteiger partial charge in [0.2, 0.25) is 0 Å². The highest BCUT2D eigenvalue weighted by Crippen LogP contribution is 2.35. The standard InChI is InChI=1S/C21H44FO4PS/c1-2-3-4-5-6-7-9-12-16-21(22)17-13-10-8-11-14-19-28-20-15-18-26-27(23,24)25/h21H,2-20H2,1H3,(H2,23,24,25). The van der Waals surface area contributed by atoms with Crippen LogP contribution in [-0.2, 0) is 9.09 Å². The molecule has 1 atom stereocenters. The Labute approximate surface area is 177 Å². The minimum atomic E-state index is -4.30. The van der Waals surface area contributed by atoms with E-state index >= 15 is 0 Å². The van der Waals surface area contributed by atoms with E-state index in [0.717, 1.165) is 50.0 Å². The van der Waals surface area contributed by atoms with Crippen LogP contribution in [0.2, 0.25) is 0 Å². The minimum Gasteiger partial charge on any atom is -0.303 e. The second-order valence-corrected chi connectivity index (χ2v) is 10.2. The van der Waals surface area contributed by atoms with Crippen molar-refractivity contribution in [2.24, 2.45) is 0 Å². The van der Waals surface area contributed by atoms with Crippen molar-refractivity contribution in [3.63, 3.8) is 0 Å². The molecule has 0 saturated carbocycles. The first-order valence-electron chi connectivity index (χ1n) is 11.4. The third-order valence-corrected chi connectivity index (χ3v) is 6.54. The molecule has 0 fully saturated rings. The highest BCUT2D eigenvalue weighted by atomic mass is 32.2. The van der Waals surface area contributed by atoms with Crippen LogP contribution in [0.4, 0.5) is 4.39 Å². The van der Waals surface area contributed by atoms with Gasteiger partial charge in [-0.15, -0.1) is 0 Å². The average Bonchev–Trinajstić information content (AvgIpc) is 2.64. The predicted molar refractivity (Wildman–Crippen MR) is 120 cm³/mol. The van der Waals surface area contributed by atoms with Crippen LogP contribution in [0.1, 0.15) is 110 Å². The Bertz CT molecular complexity index is 368. The summed E-state index contributed by atoms with van der Waals surface area (Å²) in [7, 11) is -4.30. The molecule has 0 amide bonds. The van der Waals surface area contributed by atoms with E-state index in [1.807, 2.05) is 0 Å². The molecule has 7 heteroatoms. The molecular formula is C21H44FO4PS. The number of hydrogen-bond donors (Lipinski definition) is 2. The van der Waals surface area contributed by atoms with Crippen LogP contribution < -0.4 is 0 Å². The molecule has 0 spiro atoms. The van der Waals surface area contributed by atoms with Crippen LogP contribution in [0, 0.1) is 0 Å². The van der Waals surface area contributed by atoms with Gasteiger partial charge in [0.05, 0.1) is 6.61 Å². The summed E-state index contributed by atoms with van der Waals surface area (Å²) in [6, 6.07) is 0. The van der Waals surface area contributed by atoms with E-state index in [1.54, 1.807) is 11.8 Å². The summed E-state index contributed by atoms with van der Waals surface area (Å²) in [5.74, 6) is 1.93. The van der Waals surface area contributed by atoms with Gasteiger partial charge in [0.15, 0.2) is 0 Å². The normalized spacial score (nSPS) is 13.1. The molecule has 0 radical (unpaired) electrons. The summed E-state index contributed by atoms with van der Waals surface area (Å²) in [5.41, 5.74) is 0. The summed E-state index contributed by atoms with van der Waals surface area (Å²) in [6.07, 6.45) is 17.3. The fourth-order valence-electron chi connectivity index (χ4n) is 3.19. The van der Waals surface area contributed by atoms with Crippen LogP contribution in [-0.4, -0.2) is 34.1 Å². The van der Waals surface area contributed by atoms with E-state index in [4.69, 9.17) is 9.79 Å². The van der Waals surface area contributed by atoms with Crippen molar-refractivity contribution < 1.29 is 23.3 Å². The molecule has 0 heterocycles. The van der Waals surface area contributed by atoms with Gasteiger partial charge >= 0.3 is 7.82 Å². The smallest absolute Gasteiger partial charge is 0.303 e. The number of phosphoric acid groups is 1. The van der Waals surface area contributed by atoms with Gasteiger partial charge in [-0.25, -0.2) is 8.96 Å². The maximum absolute atomic E-state index is 13.9. The number of hydrogen-bond acceptors (Lipinski definition) is 3. The molecule has 0 aliphatic rings. The largest absolute Gasteiger partial charge is 0.469 e. The van der Waals surface area contributed by atoms with Crippen molar-refractivity contribution in [2.45, 2.75) is 116 Å². The summed E-state index contributed by atoms with van der Waals surface area (Å²) in [6.45, 7) is 2.35. The first-order chi connectivity index (χ1) is 13.5. The molecule has 0 aliphatic carbocycles. The molecule has 0 saturated heterocycles. The number of phosphoric ester groups is 1. The van der Waals surface area contributed by atoms with Gasteiger partial charge < -0.3 is 9.79 Å². The summed E-state index contributed by atoms with van der Waals surface area (Å²) in [4.78, 5) is 17.1. The summed E-state index contributed by atoms with van der Waals surface area (Å²) < 4.78 is 28.8. The third kappa shape index (κ3) is 24.4. The van der Waals surface area contributed by atoms with Gasteiger partial charge in [-0.2, -0.15) is 11.8 Å². The molecule has 28 heavy (non-hydrogen) atoms. The van der Waals surface area contributed by atoms with E-state index in [0.29, 0.717) is 6.42 Å². The Hall–Kier alpha value is 0.390. The maximum Gasteiger partial charge on any atom is 0.469 e. The summed E-state index contributed by atoms with van der Waals surface area (Å²) >= 11 is 1.80. The minimum absolute atomic E-state index is 0.112. The van der Waals surface area contributed by atoms with E-state index in [2.05, 4.69) is 11.4 Å². The average molecular weight is 443 g/mol. The molecule has 0 aromatic heterocycles. The molecule has 0 aliphatic heterocycles. The Morgan fingerprint density at radius 1 is 0.786 bits per heavy atom. The Morgan fingerprint density at radius 2 is 1.25 bits per heavy atom. The quantitative estimate of drug-likeness (QED) is 0.135. The lowest BCUT2D eigenvalue weighted by Gasteiger charge is -2.08. The lowest BCUT2D eigenvalue weighted by Crippen LogP contribution is -2.00. The summed E-state index contributed by atoms with van der Waals surface area (Å²) in [5, 5.41) is 0. The number of thioether (sulfide) groups is 1. The zero-order valence-electron chi connectivity index (χ0n) is 18.0. The Morgan fingerprint density at radius 3 is 1.79 bits per heavy atom. The number of halogens is 1. The van der Waals surface area contributed by atoms with Gasteiger partial charge in [-0.05, 0) is 37.2 Å². The topological polar surface area (TPSA) is 66.8 Å². The van der Waals surface area contributed by atoms with E-state index < -0.39 is 14.0 Å². The zero-order valence-corrected chi connectivity index (χ0v) is 19.7. The monoisotopic (exact) mass is 442 g/mol. The molecular weight excluding hydrogens is 398 g/mol. The van der Waals surface area contributed by atoms with Crippen LogP contribution in [0.25, 0.3) is 0 Å². The Balaban J connectivity index is 3.18. The lowest BCUT2D eigenvalue weighted by molar-refractivity contribution is 0.198. The highest BCUT2D eigenvalue weighted by molar-refractivity contribution is 7.99. The van der Waals surface area contributed by atoms with Gasteiger partial charge in [0.1, 0.15) is 6.17 Å². The first kappa shape index (κ1) is 28.4. The van der Waals surface area contributed by atoms with Gasteiger partial charge in [0, 0.05) is 0 Å². The van der Waals surface area contributed by atoms with Crippen LogP contribution in [0.15, 0.2) is 0 Å². The number of alkyl halides is 1. The van der Waals surface area contributed by atoms with Gasteiger partial charge in [-0.3, -0.25) is 4.52 Å². The van der Waals surface area contributed by atoms with Crippen LogP contribution in [0.5, 0.6) is 0 Å². The third-order valence-electron chi connectivity index (χ3n) is 4.87. The van der Waals surface area contributed by atoms with Crippen molar-refractivity contribution in [3.05, 3.63) is 0 Å². The van der Waals surface area contributed by atoms with Gasteiger partial charge in [0.25, 0.3) is 0 Å². The van der Waals surface area contributed by atoms with Crippen molar-refractivity contribution in [1.82, 2.24) is 0 Å². The van der Waals surface area contributed by atoms with E-state index in [-0.39, 0.29) is 6.61 Å². The SMILES string of the molecule is CCCCCCCCCCC(F)CCCCCCCSCCCOP(=O)(O)O. The number of unbranched alkanes of at least 4 members (excludes halogenated alkanes) is 11. The molecule has 0 aromatic carbocycles. The molecule has 0 bridgehead atoms. The van der Waals surface area contributed by atoms with Crippen molar-refractivity contribution in [3.8, 4) is 0 Å². The Kier molecular flexibility index (Phi) is 20.9. The molecule has 170 valence electrons. The van der Waals surface area contributed by atoms with Crippen LogP contribution >= 0.6 is 19.6 Å². The van der Waals surface area contributed by atoms with E-state index in [1.165, 1.54) is 57.8 Å². The second-order valence-electron chi connectivity index (χ2n) is 7.71. The fourth-order valence-corrected chi connectivity index (χ4v) is 4.49. The number of rotatable bonds is 22. The molecule has 4 nitrogen and oxygen atoms in total. The maximum atomic E-state index is 13.9. The van der Waals surface area contributed by atoms with Gasteiger partial charge in [-0.1, -0.05) is 84.0 Å². The van der Waals surface area contributed by atoms with Crippen molar-refractivity contribution >= 4 is 19.6 Å². The van der Waals surface area contributed by atoms with E-state index in [9.17, 15) is 8.96 Å². The zero-order chi connectivity index (χ0) is 20.9. The molecule has 0 aromatic rings. The fraction of sp³-hybridized carbons (Fsp3) is 1.00. The van der Waals surface area contributed by atoms with Crippen molar-refractivity contribution in [2.75, 3.05) is 18.1 Å². The molecule has 1 unspecified atom stereocenters. The first-order valence-corrected chi connectivity index (χ1v) is 14.1. The molecule has 2 N–H and O–H groups in total. The molecule has 0 rings (SSSR count). The predicted octanol–water partition coefficient (Wildman–Crippen LogP) is 7.43. The highest BCUT2D eigenvalue weighted by Gasteiger charge is 2.12. The lowest BCUT2D eigenvalue weighted by atomic mass is 10.0. The van der Waals surface area contributed by atoms with Crippen molar-refractivity contribution in [1.29, 1.82) is 0 Å². The second kappa shape index (κ2) is 20.7. The van der Waals surface area contributed by atoms with Crippen LogP contribution in [0.3, 0.4) is 0 Å².